The Kier molecular flexibility index (Phi) is 4.37. The van der Waals surface area contributed by atoms with E-state index in [1.807, 2.05) is 0 Å². The number of aromatic nitrogens is 2. The first kappa shape index (κ1) is 15.7. The first-order valence-electron chi connectivity index (χ1n) is 8.55. The third-order valence-electron chi connectivity index (χ3n) is 4.66. The summed E-state index contributed by atoms with van der Waals surface area (Å²) in [6, 6.07) is 0. The Balaban J connectivity index is 1.68. The largest absolute Gasteiger partial charge is 0.338 e. The van der Waals surface area contributed by atoms with Crippen LogP contribution in [0.5, 0.6) is 0 Å². The lowest BCUT2D eigenvalue weighted by Gasteiger charge is -2.38. The molecular weight excluding hydrogens is 274 g/mol. The van der Waals surface area contributed by atoms with E-state index in [1.165, 1.54) is 29.8 Å². The minimum absolute atomic E-state index is 0.124. The minimum Gasteiger partial charge on any atom is -0.338 e. The Bertz CT molecular complexity index is 527. The van der Waals surface area contributed by atoms with Crippen LogP contribution in [-0.2, 0) is 12.8 Å². The summed E-state index contributed by atoms with van der Waals surface area (Å²) in [5.41, 5.74) is 9.88. The van der Waals surface area contributed by atoms with Crippen LogP contribution >= 0.6 is 0 Å². The summed E-state index contributed by atoms with van der Waals surface area (Å²) in [5.74, 6) is 0.935. The number of hydrogen-bond donors (Lipinski definition) is 1. The van der Waals surface area contributed by atoms with E-state index >= 15 is 0 Å². The van der Waals surface area contributed by atoms with Gasteiger partial charge < -0.3 is 10.6 Å². The summed E-state index contributed by atoms with van der Waals surface area (Å²) >= 11 is 0. The monoisotopic (exact) mass is 303 g/mol. The number of anilines is 1. The van der Waals surface area contributed by atoms with Crippen LogP contribution in [0.4, 0.5) is 5.95 Å². The number of rotatable bonds is 3. The van der Waals surface area contributed by atoms with Crippen molar-refractivity contribution >= 4 is 5.95 Å². The predicted molar refractivity (Wildman–Crippen MR) is 90.3 cm³/mol. The molecule has 2 aliphatic rings. The Morgan fingerprint density at radius 1 is 1.05 bits per heavy atom. The lowest BCUT2D eigenvalue weighted by molar-refractivity contribution is 0.213. The van der Waals surface area contributed by atoms with E-state index < -0.39 is 0 Å². The number of nitrogens with two attached hydrogens (primary N) is 1. The second kappa shape index (κ2) is 6.13. The zero-order valence-electron chi connectivity index (χ0n) is 14.2. The van der Waals surface area contributed by atoms with E-state index in [0.29, 0.717) is 0 Å². The molecule has 0 radical (unpaired) electrons. The fourth-order valence-electron chi connectivity index (χ4n) is 3.59. The molecular formula is C17H29N5. The van der Waals surface area contributed by atoms with Gasteiger partial charge >= 0.3 is 0 Å². The summed E-state index contributed by atoms with van der Waals surface area (Å²) in [6.45, 7) is 11.3. The molecule has 122 valence electrons. The average Bonchev–Trinajstić information content (AvgIpc) is 2.46. The Hall–Kier alpha value is -1.20. The molecule has 22 heavy (non-hydrogen) atoms. The molecule has 5 nitrogen and oxygen atoms in total. The van der Waals surface area contributed by atoms with Gasteiger partial charge in [-0.1, -0.05) is 0 Å². The molecule has 1 aliphatic heterocycles. The first-order chi connectivity index (χ1) is 10.4. The number of piperazine rings is 1. The fourth-order valence-corrected chi connectivity index (χ4v) is 3.59. The van der Waals surface area contributed by atoms with Crippen LogP contribution in [0.15, 0.2) is 0 Å². The van der Waals surface area contributed by atoms with Crippen molar-refractivity contribution in [2.75, 3.05) is 37.6 Å². The summed E-state index contributed by atoms with van der Waals surface area (Å²) in [7, 11) is 0. The highest BCUT2D eigenvalue weighted by molar-refractivity contribution is 5.38. The van der Waals surface area contributed by atoms with Crippen molar-refractivity contribution in [3.05, 3.63) is 17.0 Å². The van der Waals surface area contributed by atoms with Crippen molar-refractivity contribution < 1.29 is 0 Å². The maximum atomic E-state index is 6.13. The molecule has 1 fully saturated rings. The highest BCUT2D eigenvalue weighted by atomic mass is 15.3. The van der Waals surface area contributed by atoms with E-state index in [0.717, 1.165) is 51.5 Å². The van der Waals surface area contributed by atoms with E-state index in [4.69, 9.17) is 15.7 Å². The SMILES string of the molecule is Cc1nc(N2CCN(CC(C)(C)N)CC2)nc2c1CCCC2. The summed E-state index contributed by atoms with van der Waals surface area (Å²) < 4.78 is 0. The van der Waals surface area contributed by atoms with Crippen LogP contribution in [0.25, 0.3) is 0 Å². The maximum absolute atomic E-state index is 6.13. The Labute approximate surface area is 133 Å². The maximum Gasteiger partial charge on any atom is 0.225 e. The lowest BCUT2D eigenvalue weighted by atomic mass is 9.95. The van der Waals surface area contributed by atoms with E-state index in [2.05, 4.69) is 30.6 Å². The van der Waals surface area contributed by atoms with Crippen molar-refractivity contribution in [1.29, 1.82) is 0 Å². The lowest BCUT2D eigenvalue weighted by Crippen LogP contribution is -2.53. The highest BCUT2D eigenvalue weighted by Crippen LogP contribution is 2.24. The van der Waals surface area contributed by atoms with Gasteiger partial charge in [-0.2, -0.15) is 0 Å². The predicted octanol–water partition coefficient (Wildman–Crippen LogP) is 1.52. The van der Waals surface area contributed by atoms with Gasteiger partial charge in [0.1, 0.15) is 0 Å². The third-order valence-corrected chi connectivity index (χ3v) is 4.66. The van der Waals surface area contributed by atoms with Gasteiger partial charge in [0.25, 0.3) is 0 Å². The average molecular weight is 303 g/mol. The zero-order valence-corrected chi connectivity index (χ0v) is 14.2. The molecule has 0 amide bonds. The fraction of sp³-hybridized carbons (Fsp3) is 0.765. The van der Waals surface area contributed by atoms with Gasteiger partial charge in [0.05, 0.1) is 0 Å². The molecule has 2 N–H and O–H groups in total. The van der Waals surface area contributed by atoms with Gasteiger partial charge in [-0.15, -0.1) is 0 Å². The molecule has 5 heteroatoms. The van der Waals surface area contributed by atoms with Gasteiger partial charge in [0.15, 0.2) is 0 Å². The molecule has 1 aliphatic carbocycles. The molecule has 3 rings (SSSR count). The smallest absolute Gasteiger partial charge is 0.225 e. The number of hydrogen-bond acceptors (Lipinski definition) is 5. The molecule has 0 unspecified atom stereocenters. The molecule has 1 saturated heterocycles. The normalized spacial score (nSPS) is 20.1. The first-order valence-corrected chi connectivity index (χ1v) is 8.55. The number of aryl methyl sites for hydroxylation is 2. The third kappa shape index (κ3) is 3.58. The van der Waals surface area contributed by atoms with Crippen molar-refractivity contribution in [1.82, 2.24) is 14.9 Å². The molecule has 1 aromatic rings. The van der Waals surface area contributed by atoms with Crippen LogP contribution in [0.2, 0.25) is 0 Å². The van der Waals surface area contributed by atoms with Crippen LogP contribution in [0.3, 0.4) is 0 Å². The molecule has 0 atom stereocenters. The molecule has 0 aromatic carbocycles. The molecule has 1 aromatic heterocycles. The molecule has 0 bridgehead atoms. The number of nitrogens with zero attached hydrogens (tertiary/aromatic N) is 4. The Morgan fingerprint density at radius 2 is 1.73 bits per heavy atom. The second-order valence-electron chi connectivity index (χ2n) is 7.49. The van der Waals surface area contributed by atoms with Crippen LogP contribution in [0.1, 0.15) is 43.6 Å². The van der Waals surface area contributed by atoms with Crippen molar-refractivity contribution in [2.24, 2.45) is 5.73 Å². The summed E-state index contributed by atoms with van der Waals surface area (Å²) in [5, 5.41) is 0. The van der Waals surface area contributed by atoms with Crippen LogP contribution in [-0.4, -0.2) is 53.1 Å². The van der Waals surface area contributed by atoms with Gasteiger partial charge in [0, 0.05) is 49.7 Å². The van der Waals surface area contributed by atoms with Crippen molar-refractivity contribution in [3.63, 3.8) is 0 Å². The molecule has 0 saturated carbocycles. The summed E-state index contributed by atoms with van der Waals surface area (Å²) in [6.07, 6.45) is 4.82. The topological polar surface area (TPSA) is 58.3 Å². The standard InChI is InChI=1S/C17H29N5/c1-13-14-6-4-5-7-15(14)20-16(19-13)22-10-8-21(9-11-22)12-17(2,3)18/h4-12,18H2,1-3H3. The van der Waals surface area contributed by atoms with Crippen LogP contribution < -0.4 is 10.6 Å². The van der Waals surface area contributed by atoms with Crippen molar-refractivity contribution in [2.45, 2.75) is 52.0 Å². The molecule has 0 spiro atoms. The Morgan fingerprint density at radius 3 is 2.41 bits per heavy atom. The molecule has 2 heterocycles. The van der Waals surface area contributed by atoms with Gasteiger partial charge in [-0.3, -0.25) is 4.90 Å². The van der Waals surface area contributed by atoms with E-state index in [-0.39, 0.29) is 5.54 Å². The second-order valence-corrected chi connectivity index (χ2v) is 7.49. The number of fused-ring (bicyclic) bond motifs is 1. The van der Waals surface area contributed by atoms with Crippen LogP contribution in [0, 0.1) is 6.92 Å². The zero-order chi connectivity index (χ0) is 15.7. The van der Waals surface area contributed by atoms with Crippen molar-refractivity contribution in [3.8, 4) is 0 Å². The van der Waals surface area contributed by atoms with Gasteiger partial charge in [-0.25, -0.2) is 9.97 Å². The van der Waals surface area contributed by atoms with Gasteiger partial charge in [0.2, 0.25) is 5.95 Å². The quantitative estimate of drug-likeness (QED) is 0.917. The van der Waals surface area contributed by atoms with E-state index in [9.17, 15) is 0 Å². The summed E-state index contributed by atoms with van der Waals surface area (Å²) in [4.78, 5) is 14.4. The highest BCUT2D eigenvalue weighted by Gasteiger charge is 2.24. The van der Waals surface area contributed by atoms with E-state index in [1.54, 1.807) is 0 Å². The van der Waals surface area contributed by atoms with Gasteiger partial charge in [-0.05, 0) is 52.0 Å². The minimum atomic E-state index is -0.124.